The highest BCUT2D eigenvalue weighted by Crippen LogP contribution is 2.22. The first kappa shape index (κ1) is 15.3. The van der Waals surface area contributed by atoms with E-state index in [9.17, 15) is 4.79 Å². The van der Waals surface area contributed by atoms with Crippen LogP contribution in [0, 0.1) is 27.7 Å². The van der Waals surface area contributed by atoms with Gasteiger partial charge in [0.05, 0.1) is 6.42 Å². The van der Waals surface area contributed by atoms with Crippen LogP contribution in [-0.4, -0.2) is 11.1 Å². The van der Waals surface area contributed by atoms with Crippen molar-refractivity contribution in [1.29, 1.82) is 0 Å². The molecule has 0 saturated heterocycles. The zero-order chi connectivity index (χ0) is 15.6. The van der Waals surface area contributed by atoms with Crippen molar-refractivity contribution in [3.8, 4) is 0 Å². The fourth-order valence-electron chi connectivity index (χ4n) is 2.65. The summed E-state index contributed by atoms with van der Waals surface area (Å²) in [6.07, 6.45) is 1.07. The first-order valence-electron chi connectivity index (χ1n) is 7.24. The lowest BCUT2D eigenvalue weighted by atomic mass is 9.97. The molecule has 4 nitrogen and oxygen atoms in total. The molecule has 1 N–H and O–H groups in total. The Bertz CT molecular complexity index is 648. The number of anilines is 1. The predicted molar refractivity (Wildman–Crippen MR) is 83.6 cm³/mol. The second-order valence-electron chi connectivity index (χ2n) is 5.52. The maximum atomic E-state index is 12.3. The van der Waals surface area contributed by atoms with Crippen molar-refractivity contribution in [3.63, 3.8) is 0 Å². The Morgan fingerprint density at radius 3 is 2.38 bits per heavy atom. The monoisotopic (exact) mass is 286 g/mol. The van der Waals surface area contributed by atoms with Crippen LogP contribution in [0.25, 0.3) is 0 Å². The molecule has 0 fully saturated rings. The van der Waals surface area contributed by atoms with Crippen LogP contribution in [0.2, 0.25) is 0 Å². The van der Waals surface area contributed by atoms with Gasteiger partial charge >= 0.3 is 0 Å². The van der Waals surface area contributed by atoms with Crippen LogP contribution < -0.4 is 5.32 Å². The molecule has 0 atom stereocenters. The van der Waals surface area contributed by atoms with Gasteiger partial charge in [-0.25, -0.2) is 0 Å². The lowest BCUT2D eigenvalue weighted by Gasteiger charge is -2.11. The smallest absolute Gasteiger partial charge is 0.228 e. The molecule has 1 aromatic carbocycles. The van der Waals surface area contributed by atoms with Gasteiger partial charge in [0.15, 0.2) is 5.76 Å². The summed E-state index contributed by atoms with van der Waals surface area (Å²) in [5.74, 6) is 0.684. The number of aryl methyl sites for hydroxylation is 5. The third-order valence-electron chi connectivity index (χ3n) is 3.70. The van der Waals surface area contributed by atoms with Crippen LogP contribution >= 0.6 is 0 Å². The summed E-state index contributed by atoms with van der Waals surface area (Å²) in [6, 6.07) is 4.22. The number of carbonyl (C=O) groups is 1. The van der Waals surface area contributed by atoms with Gasteiger partial charge in [0.25, 0.3) is 0 Å². The van der Waals surface area contributed by atoms with Crippen LogP contribution in [0.4, 0.5) is 5.69 Å². The Balaban J connectivity index is 2.18. The quantitative estimate of drug-likeness (QED) is 0.933. The van der Waals surface area contributed by atoms with Crippen molar-refractivity contribution in [3.05, 3.63) is 45.8 Å². The van der Waals surface area contributed by atoms with E-state index in [1.165, 1.54) is 5.56 Å². The Hall–Kier alpha value is -2.10. The average molecular weight is 286 g/mol. The molecule has 2 rings (SSSR count). The van der Waals surface area contributed by atoms with Crippen LogP contribution in [0.1, 0.15) is 40.6 Å². The van der Waals surface area contributed by atoms with Gasteiger partial charge in [-0.2, -0.15) is 0 Å². The number of benzene rings is 1. The Morgan fingerprint density at radius 1 is 1.19 bits per heavy atom. The second kappa shape index (κ2) is 6.12. The predicted octanol–water partition coefficient (Wildman–Crippen LogP) is 3.65. The molecule has 4 heteroatoms. The lowest BCUT2D eigenvalue weighted by Crippen LogP contribution is -2.17. The van der Waals surface area contributed by atoms with E-state index in [2.05, 4.69) is 29.5 Å². The maximum absolute atomic E-state index is 12.3. The molecule has 21 heavy (non-hydrogen) atoms. The Kier molecular flexibility index (Phi) is 4.46. The maximum Gasteiger partial charge on any atom is 0.228 e. The summed E-state index contributed by atoms with van der Waals surface area (Å²) < 4.78 is 5.19. The van der Waals surface area contributed by atoms with E-state index in [0.717, 1.165) is 28.1 Å². The molecular weight excluding hydrogens is 264 g/mol. The number of carbonyl (C=O) groups excluding carboxylic acids is 1. The summed E-state index contributed by atoms with van der Waals surface area (Å²) in [5, 5.41) is 6.84. The molecule has 2 aromatic rings. The van der Waals surface area contributed by atoms with Crippen LogP contribution in [0.5, 0.6) is 0 Å². The number of hydrogen-bond donors (Lipinski definition) is 1. The number of aromatic nitrogens is 1. The van der Waals surface area contributed by atoms with Gasteiger partial charge in [-0.3, -0.25) is 4.79 Å². The molecule has 0 aliphatic heterocycles. The molecule has 1 heterocycles. The van der Waals surface area contributed by atoms with Gasteiger partial charge < -0.3 is 9.84 Å². The van der Waals surface area contributed by atoms with Gasteiger partial charge in [0.1, 0.15) is 11.4 Å². The van der Waals surface area contributed by atoms with E-state index in [4.69, 9.17) is 4.52 Å². The molecule has 0 spiro atoms. The number of nitrogens with one attached hydrogen (secondary N) is 1. The second-order valence-corrected chi connectivity index (χ2v) is 5.52. The largest absolute Gasteiger partial charge is 0.359 e. The molecular formula is C17H22N2O2. The van der Waals surface area contributed by atoms with Crippen molar-refractivity contribution in [2.24, 2.45) is 0 Å². The van der Waals surface area contributed by atoms with Gasteiger partial charge in [0, 0.05) is 6.42 Å². The summed E-state index contributed by atoms with van der Waals surface area (Å²) >= 11 is 0. The lowest BCUT2D eigenvalue weighted by molar-refractivity contribution is -0.115. The highest BCUT2D eigenvalue weighted by Gasteiger charge is 2.16. The summed E-state index contributed by atoms with van der Waals surface area (Å²) in [6.45, 7) is 9.97. The molecule has 0 saturated carbocycles. The minimum absolute atomic E-state index is 0.0361. The molecule has 1 aromatic heterocycles. The normalized spacial score (nSPS) is 10.7. The van der Waals surface area contributed by atoms with Crippen LogP contribution in [0.3, 0.4) is 0 Å². The number of nitrogens with zero attached hydrogens (tertiary/aromatic N) is 1. The fourth-order valence-corrected chi connectivity index (χ4v) is 2.65. The summed E-state index contributed by atoms with van der Waals surface area (Å²) in [7, 11) is 0. The molecule has 0 bridgehead atoms. The SMILES string of the molecule is CCc1onc(C)c1NC(=O)Cc1c(C)cc(C)cc1C. The van der Waals surface area contributed by atoms with E-state index >= 15 is 0 Å². The summed E-state index contributed by atoms with van der Waals surface area (Å²) in [4.78, 5) is 12.3. The topological polar surface area (TPSA) is 55.1 Å². The molecule has 112 valence electrons. The van der Waals surface area contributed by atoms with Crippen molar-refractivity contribution in [2.45, 2.75) is 47.5 Å². The number of hydrogen-bond acceptors (Lipinski definition) is 3. The van der Waals surface area contributed by atoms with Crippen molar-refractivity contribution < 1.29 is 9.32 Å². The third kappa shape index (κ3) is 3.32. The van der Waals surface area contributed by atoms with Crippen molar-refractivity contribution in [1.82, 2.24) is 5.16 Å². The number of amides is 1. The molecule has 0 unspecified atom stereocenters. The first-order valence-corrected chi connectivity index (χ1v) is 7.24. The zero-order valence-electron chi connectivity index (χ0n) is 13.3. The number of rotatable bonds is 4. The van der Waals surface area contributed by atoms with E-state index in [1.54, 1.807) is 0 Å². The standard InChI is InChI=1S/C17H22N2O2/c1-6-15-17(13(5)19-21-15)18-16(20)9-14-11(3)7-10(2)8-12(14)4/h7-8H,6,9H2,1-5H3,(H,18,20). The van der Waals surface area contributed by atoms with Crippen molar-refractivity contribution in [2.75, 3.05) is 5.32 Å². The minimum Gasteiger partial charge on any atom is -0.359 e. The highest BCUT2D eigenvalue weighted by atomic mass is 16.5. The van der Waals surface area contributed by atoms with Gasteiger partial charge in [-0.1, -0.05) is 29.8 Å². The zero-order valence-corrected chi connectivity index (χ0v) is 13.3. The van der Waals surface area contributed by atoms with Gasteiger partial charge in [-0.05, 0) is 44.4 Å². The Morgan fingerprint density at radius 2 is 1.81 bits per heavy atom. The van der Waals surface area contributed by atoms with Crippen LogP contribution in [-0.2, 0) is 17.6 Å². The van der Waals surface area contributed by atoms with Crippen LogP contribution in [0.15, 0.2) is 16.7 Å². The van der Waals surface area contributed by atoms with E-state index in [0.29, 0.717) is 18.5 Å². The van der Waals surface area contributed by atoms with E-state index < -0.39 is 0 Å². The minimum atomic E-state index is -0.0361. The third-order valence-corrected chi connectivity index (χ3v) is 3.70. The van der Waals surface area contributed by atoms with E-state index in [-0.39, 0.29) is 5.91 Å². The average Bonchev–Trinajstić information content (AvgIpc) is 2.75. The molecule has 0 aliphatic carbocycles. The molecule has 1 amide bonds. The van der Waals surface area contributed by atoms with Crippen molar-refractivity contribution >= 4 is 11.6 Å². The molecule has 0 aliphatic rings. The first-order chi connectivity index (χ1) is 9.92. The van der Waals surface area contributed by atoms with Gasteiger partial charge in [-0.15, -0.1) is 0 Å². The highest BCUT2D eigenvalue weighted by molar-refractivity contribution is 5.93. The van der Waals surface area contributed by atoms with Gasteiger partial charge in [0.2, 0.25) is 5.91 Å². The fraction of sp³-hybridized carbons (Fsp3) is 0.412. The molecule has 0 radical (unpaired) electrons. The van der Waals surface area contributed by atoms with E-state index in [1.807, 2.05) is 27.7 Å². The Labute approximate surface area is 125 Å². The summed E-state index contributed by atoms with van der Waals surface area (Å²) in [5.41, 5.74) is 6.05.